The standard InChI is InChI=1S/C29H41FN2O4S/c1-4-31(16-19-35-3)22-29(14-17-36-18-15-29)26-12-11-25(27(30)20-26)21-32-23(2)10-13-28(37(32,33)34)24-8-6-5-7-9-24/h5-9,11-12,20,23,28H,4,10,13-19,21-22H2,1-3H3/t23-,28+/m0/s1. The summed E-state index contributed by atoms with van der Waals surface area (Å²) in [5.41, 5.74) is 1.97. The molecule has 2 aliphatic heterocycles. The second kappa shape index (κ2) is 12.3. The second-order valence-electron chi connectivity index (χ2n) is 10.5. The highest BCUT2D eigenvalue weighted by atomic mass is 32.2. The van der Waals surface area contributed by atoms with E-state index in [4.69, 9.17) is 9.47 Å². The molecule has 0 radical (unpaired) electrons. The normalized spacial score (nSPS) is 23.8. The molecular formula is C29H41FN2O4S. The highest BCUT2D eigenvalue weighted by Crippen LogP contribution is 2.40. The third-order valence-corrected chi connectivity index (χ3v) is 10.6. The zero-order valence-electron chi connectivity index (χ0n) is 22.4. The van der Waals surface area contributed by atoms with Crippen molar-refractivity contribution in [2.24, 2.45) is 0 Å². The van der Waals surface area contributed by atoms with Gasteiger partial charge in [-0.15, -0.1) is 0 Å². The number of benzene rings is 2. The molecule has 2 fully saturated rings. The number of ether oxygens (including phenoxy) is 2. The molecule has 6 nitrogen and oxygen atoms in total. The van der Waals surface area contributed by atoms with E-state index in [1.54, 1.807) is 19.2 Å². The number of likely N-dealkylation sites (N-methyl/N-ethyl adjacent to an activating group) is 1. The van der Waals surface area contributed by atoms with Crippen molar-refractivity contribution < 1.29 is 22.3 Å². The summed E-state index contributed by atoms with van der Waals surface area (Å²) in [6.45, 7) is 8.57. The maximum atomic E-state index is 15.7. The van der Waals surface area contributed by atoms with Crippen molar-refractivity contribution in [1.29, 1.82) is 0 Å². The molecule has 2 aliphatic rings. The van der Waals surface area contributed by atoms with Gasteiger partial charge < -0.3 is 14.4 Å². The van der Waals surface area contributed by atoms with Crippen LogP contribution in [-0.2, 0) is 31.5 Å². The monoisotopic (exact) mass is 532 g/mol. The smallest absolute Gasteiger partial charge is 0.221 e. The summed E-state index contributed by atoms with van der Waals surface area (Å²) >= 11 is 0. The number of nitrogens with zero attached hydrogens (tertiary/aromatic N) is 2. The van der Waals surface area contributed by atoms with E-state index in [9.17, 15) is 8.42 Å². The molecule has 0 aliphatic carbocycles. The third-order valence-electron chi connectivity index (χ3n) is 8.22. The predicted molar refractivity (Wildman–Crippen MR) is 144 cm³/mol. The molecule has 0 saturated carbocycles. The van der Waals surface area contributed by atoms with Crippen LogP contribution in [0.3, 0.4) is 0 Å². The van der Waals surface area contributed by atoms with E-state index in [0.717, 1.165) is 50.0 Å². The summed E-state index contributed by atoms with van der Waals surface area (Å²) in [6, 6.07) is 14.6. The van der Waals surface area contributed by atoms with Gasteiger partial charge >= 0.3 is 0 Å². The molecule has 37 heavy (non-hydrogen) atoms. The fourth-order valence-electron chi connectivity index (χ4n) is 5.82. The Morgan fingerprint density at radius 2 is 1.86 bits per heavy atom. The molecule has 2 heterocycles. The first kappa shape index (κ1) is 28.2. The Morgan fingerprint density at radius 3 is 2.51 bits per heavy atom. The van der Waals surface area contributed by atoms with E-state index < -0.39 is 15.3 Å². The third kappa shape index (κ3) is 6.25. The van der Waals surface area contributed by atoms with E-state index in [-0.39, 0.29) is 23.8 Å². The Bertz CT molecular complexity index is 1120. The van der Waals surface area contributed by atoms with Crippen LogP contribution in [-0.4, -0.2) is 70.2 Å². The Labute approximate surface area is 221 Å². The van der Waals surface area contributed by atoms with Gasteiger partial charge in [-0.3, -0.25) is 0 Å². The number of halogens is 1. The van der Waals surface area contributed by atoms with Crippen molar-refractivity contribution in [1.82, 2.24) is 9.21 Å². The van der Waals surface area contributed by atoms with Crippen molar-refractivity contribution >= 4 is 10.0 Å². The van der Waals surface area contributed by atoms with Gasteiger partial charge in [0.2, 0.25) is 10.0 Å². The van der Waals surface area contributed by atoms with Crippen LogP contribution in [0.2, 0.25) is 0 Å². The largest absolute Gasteiger partial charge is 0.383 e. The summed E-state index contributed by atoms with van der Waals surface area (Å²) in [7, 11) is -1.91. The molecule has 204 valence electrons. The lowest BCUT2D eigenvalue weighted by Crippen LogP contribution is -2.46. The van der Waals surface area contributed by atoms with Crippen LogP contribution in [0.1, 0.15) is 61.5 Å². The minimum atomic E-state index is -3.62. The summed E-state index contributed by atoms with van der Waals surface area (Å²) < 4.78 is 55.4. The van der Waals surface area contributed by atoms with Crippen LogP contribution < -0.4 is 0 Å². The Hall–Kier alpha value is -1.84. The zero-order chi connectivity index (χ0) is 26.5. The lowest BCUT2D eigenvalue weighted by atomic mass is 9.73. The van der Waals surface area contributed by atoms with Gasteiger partial charge in [-0.05, 0) is 56.3 Å². The first-order chi connectivity index (χ1) is 17.8. The Kier molecular flexibility index (Phi) is 9.40. The van der Waals surface area contributed by atoms with Gasteiger partial charge in [0.25, 0.3) is 0 Å². The average molecular weight is 533 g/mol. The highest BCUT2D eigenvalue weighted by molar-refractivity contribution is 7.89. The van der Waals surface area contributed by atoms with E-state index in [2.05, 4.69) is 11.8 Å². The molecule has 2 aromatic carbocycles. The van der Waals surface area contributed by atoms with Crippen molar-refractivity contribution in [2.45, 2.75) is 62.8 Å². The average Bonchev–Trinajstić information content (AvgIpc) is 2.90. The van der Waals surface area contributed by atoms with Crippen LogP contribution in [0.4, 0.5) is 4.39 Å². The van der Waals surface area contributed by atoms with Gasteiger partial charge in [0, 0.05) is 57.0 Å². The van der Waals surface area contributed by atoms with Crippen molar-refractivity contribution in [2.75, 3.05) is 46.6 Å². The van der Waals surface area contributed by atoms with Crippen LogP contribution in [0.25, 0.3) is 0 Å². The molecule has 0 N–H and O–H groups in total. The molecule has 0 aromatic heterocycles. The van der Waals surface area contributed by atoms with Gasteiger partial charge in [-0.25, -0.2) is 12.8 Å². The maximum Gasteiger partial charge on any atom is 0.221 e. The van der Waals surface area contributed by atoms with E-state index in [0.29, 0.717) is 31.8 Å². The van der Waals surface area contributed by atoms with Crippen LogP contribution in [0.5, 0.6) is 0 Å². The van der Waals surface area contributed by atoms with Crippen molar-refractivity contribution in [3.8, 4) is 0 Å². The Morgan fingerprint density at radius 1 is 1.14 bits per heavy atom. The molecule has 0 unspecified atom stereocenters. The van der Waals surface area contributed by atoms with E-state index >= 15 is 4.39 Å². The molecule has 0 spiro atoms. The van der Waals surface area contributed by atoms with Crippen LogP contribution in [0, 0.1) is 5.82 Å². The molecule has 0 amide bonds. The number of rotatable bonds is 10. The van der Waals surface area contributed by atoms with Gasteiger partial charge in [-0.2, -0.15) is 4.31 Å². The molecule has 2 atom stereocenters. The predicted octanol–water partition coefficient (Wildman–Crippen LogP) is 4.90. The molecule has 0 bridgehead atoms. The first-order valence-corrected chi connectivity index (χ1v) is 14.9. The molecule has 2 saturated heterocycles. The minimum Gasteiger partial charge on any atom is -0.383 e. The lowest BCUT2D eigenvalue weighted by molar-refractivity contribution is 0.0305. The number of hydrogen-bond acceptors (Lipinski definition) is 5. The molecule has 4 rings (SSSR count). The van der Waals surface area contributed by atoms with E-state index in [1.807, 2.05) is 43.3 Å². The van der Waals surface area contributed by atoms with Crippen molar-refractivity contribution in [3.05, 3.63) is 71.0 Å². The van der Waals surface area contributed by atoms with Crippen molar-refractivity contribution in [3.63, 3.8) is 0 Å². The van der Waals surface area contributed by atoms with Crippen LogP contribution >= 0.6 is 0 Å². The van der Waals surface area contributed by atoms with Gasteiger partial charge in [-0.1, -0.05) is 49.4 Å². The summed E-state index contributed by atoms with van der Waals surface area (Å²) in [4.78, 5) is 2.35. The number of methoxy groups -OCH3 is 1. The summed E-state index contributed by atoms with van der Waals surface area (Å²) in [6.07, 6.45) is 2.97. The fraction of sp³-hybridized carbons (Fsp3) is 0.586. The van der Waals surface area contributed by atoms with Gasteiger partial charge in [0.1, 0.15) is 11.1 Å². The van der Waals surface area contributed by atoms with Gasteiger partial charge in [0.15, 0.2) is 0 Å². The first-order valence-electron chi connectivity index (χ1n) is 13.4. The topological polar surface area (TPSA) is 59.1 Å². The summed E-state index contributed by atoms with van der Waals surface area (Å²) in [5.74, 6) is -0.340. The number of hydrogen-bond donors (Lipinski definition) is 0. The lowest BCUT2D eigenvalue weighted by Gasteiger charge is -2.41. The maximum absolute atomic E-state index is 15.7. The summed E-state index contributed by atoms with van der Waals surface area (Å²) in [5, 5.41) is -0.593. The quantitative estimate of drug-likeness (QED) is 0.436. The SMILES string of the molecule is CCN(CCOC)CC1(c2ccc(CN3[C@@H](C)CC[C@H](c4ccccc4)S3(=O)=O)c(F)c2)CCOCC1. The Balaban J connectivity index is 1.58. The zero-order valence-corrected chi connectivity index (χ0v) is 23.2. The molecule has 2 aromatic rings. The van der Waals surface area contributed by atoms with Gasteiger partial charge in [0.05, 0.1) is 6.61 Å². The fourth-order valence-corrected chi connectivity index (χ4v) is 8.01. The van der Waals surface area contributed by atoms with E-state index in [1.165, 1.54) is 4.31 Å². The van der Waals surface area contributed by atoms with Crippen LogP contribution in [0.15, 0.2) is 48.5 Å². The second-order valence-corrected chi connectivity index (χ2v) is 12.5. The number of sulfonamides is 1. The molecular weight excluding hydrogens is 491 g/mol. The highest BCUT2D eigenvalue weighted by Gasteiger charge is 2.41. The molecule has 8 heteroatoms. The minimum absolute atomic E-state index is 0.0456.